The van der Waals surface area contributed by atoms with Gasteiger partial charge in [-0.05, 0) is 42.9 Å². The van der Waals surface area contributed by atoms with Gasteiger partial charge in [0.2, 0.25) is 23.6 Å². The number of phenols is 1. The van der Waals surface area contributed by atoms with Gasteiger partial charge >= 0.3 is 5.97 Å². The van der Waals surface area contributed by atoms with Crippen molar-refractivity contribution in [1.82, 2.24) is 15.5 Å². The zero-order valence-electron chi connectivity index (χ0n) is 20.5. The maximum atomic E-state index is 13.2. The van der Waals surface area contributed by atoms with Gasteiger partial charge in [0, 0.05) is 19.4 Å². The molecule has 0 spiro atoms. The van der Waals surface area contributed by atoms with E-state index in [4.69, 9.17) is 11.5 Å². The number of likely N-dealkylation sites (tertiary alicyclic amines) is 1. The second-order valence-corrected chi connectivity index (χ2v) is 9.30. The number of phenolic OH excluding ortho intramolecular Hbond substituents is 1. The number of carbonyl (C=O) groups is 5. The lowest BCUT2D eigenvalue weighted by molar-refractivity contribution is -0.143. The van der Waals surface area contributed by atoms with Crippen LogP contribution in [0.5, 0.6) is 5.75 Å². The summed E-state index contributed by atoms with van der Waals surface area (Å²) in [5, 5.41) is 24.0. The molecule has 36 heavy (non-hydrogen) atoms. The summed E-state index contributed by atoms with van der Waals surface area (Å²) in [4.78, 5) is 63.2. The number of nitrogens with two attached hydrogens (primary N) is 2. The van der Waals surface area contributed by atoms with Crippen molar-refractivity contribution >= 4 is 29.6 Å². The number of rotatable bonds is 12. The van der Waals surface area contributed by atoms with Crippen LogP contribution < -0.4 is 22.1 Å². The molecule has 12 heteroatoms. The maximum absolute atomic E-state index is 13.2. The summed E-state index contributed by atoms with van der Waals surface area (Å²) in [5.74, 6) is -3.85. The number of benzene rings is 1. The minimum absolute atomic E-state index is 0.00775. The highest BCUT2D eigenvalue weighted by atomic mass is 16.4. The molecule has 0 aromatic heterocycles. The van der Waals surface area contributed by atoms with E-state index in [0.717, 1.165) is 0 Å². The molecule has 1 heterocycles. The summed E-state index contributed by atoms with van der Waals surface area (Å²) >= 11 is 0. The first-order valence-corrected chi connectivity index (χ1v) is 11.9. The van der Waals surface area contributed by atoms with Crippen molar-refractivity contribution in [3.63, 3.8) is 0 Å². The molecule has 1 aromatic rings. The average molecular weight is 506 g/mol. The van der Waals surface area contributed by atoms with Crippen LogP contribution in [0.4, 0.5) is 0 Å². The number of amides is 4. The number of carboxylic acid groups (broad SMARTS) is 1. The molecule has 0 bridgehead atoms. The number of nitrogens with one attached hydrogen (secondary N) is 2. The Morgan fingerprint density at radius 3 is 2.28 bits per heavy atom. The van der Waals surface area contributed by atoms with Gasteiger partial charge in [0.25, 0.3) is 0 Å². The molecule has 2 rings (SSSR count). The van der Waals surface area contributed by atoms with E-state index in [1.54, 1.807) is 12.1 Å². The molecule has 1 aliphatic heterocycles. The van der Waals surface area contributed by atoms with Crippen molar-refractivity contribution in [2.45, 2.75) is 70.1 Å². The smallest absolute Gasteiger partial charge is 0.326 e. The average Bonchev–Trinajstić information content (AvgIpc) is 3.31. The maximum Gasteiger partial charge on any atom is 0.326 e. The molecule has 1 aliphatic rings. The summed E-state index contributed by atoms with van der Waals surface area (Å²) in [7, 11) is 0. The lowest BCUT2D eigenvalue weighted by Gasteiger charge is -2.29. The molecule has 4 atom stereocenters. The largest absolute Gasteiger partial charge is 0.508 e. The summed E-state index contributed by atoms with van der Waals surface area (Å²) in [6, 6.07) is 1.81. The van der Waals surface area contributed by atoms with E-state index in [1.165, 1.54) is 17.0 Å². The van der Waals surface area contributed by atoms with Crippen LogP contribution in [0, 0.1) is 5.92 Å². The Balaban J connectivity index is 2.22. The molecule has 198 valence electrons. The molecule has 0 aliphatic carbocycles. The number of hydrogen-bond donors (Lipinski definition) is 6. The predicted octanol–water partition coefficient (Wildman–Crippen LogP) is -0.771. The number of nitrogens with zero attached hydrogens (tertiary/aromatic N) is 1. The highest BCUT2D eigenvalue weighted by Crippen LogP contribution is 2.20. The zero-order valence-corrected chi connectivity index (χ0v) is 20.5. The molecule has 1 fully saturated rings. The Labute approximate surface area is 209 Å². The number of carboxylic acids is 1. The normalized spacial score (nSPS) is 17.8. The Morgan fingerprint density at radius 1 is 1.08 bits per heavy atom. The molecule has 1 saturated heterocycles. The SMILES string of the molecule is CC(C)C(N)C(=O)N1CCCC1C(=O)NC(Cc1ccc(O)cc1)C(=O)NC(CCC(N)=O)C(=O)O. The van der Waals surface area contributed by atoms with E-state index in [0.29, 0.717) is 24.9 Å². The number of hydrogen-bond acceptors (Lipinski definition) is 7. The highest BCUT2D eigenvalue weighted by Gasteiger charge is 2.38. The fourth-order valence-electron chi connectivity index (χ4n) is 3.94. The number of aliphatic carboxylic acids is 1. The van der Waals surface area contributed by atoms with Gasteiger partial charge in [-0.2, -0.15) is 0 Å². The highest BCUT2D eigenvalue weighted by molar-refractivity contribution is 5.94. The van der Waals surface area contributed by atoms with E-state index < -0.39 is 47.9 Å². The molecule has 0 saturated carbocycles. The van der Waals surface area contributed by atoms with Gasteiger partial charge in [-0.1, -0.05) is 26.0 Å². The topological polar surface area (TPSA) is 205 Å². The first kappa shape index (κ1) is 28.6. The zero-order chi connectivity index (χ0) is 27.0. The van der Waals surface area contributed by atoms with Crippen LogP contribution in [0.1, 0.15) is 45.1 Å². The van der Waals surface area contributed by atoms with Gasteiger partial charge in [0.15, 0.2) is 0 Å². The summed E-state index contributed by atoms with van der Waals surface area (Å²) in [6.07, 6.45) is 0.520. The number of aromatic hydroxyl groups is 1. The molecule has 4 amide bonds. The molecule has 12 nitrogen and oxygen atoms in total. The molecule has 8 N–H and O–H groups in total. The van der Waals surface area contributed by atoms with E-state index in [1.807, 2.05) is 13.8 Å². The summed E-state index contributed by atoms with van der Waals surface area (Å²) in [6.45, 7) is 3.98. The Kier molecular flexibility index (Phi) is 10.2. The Hall–Kier alpha value is -3.67. The van der Waals surface area contributed by atoms with Crippen molar-refractivity contribution in [3.8, 4) is 5.75 Å². The van der Waals surface area contributed by atoms with E-state index in [-0.39, 0.29) is 36.8 Å². The predicted molar refractivity (Wildman–Crippen MR) is 129 cm³/mol. The number of carbonyl (C=O) groups excluding carboxylic acids is 4. The van der Waals surface area contributed by atoms with E-state index >= 15 is 0 Å². The minimum atomic E-state index is -1.39. The fourth-order valence-corrected chi connectivity index (χ4v) is 3.94. The van der Waals surface area contributed by atoms with Crippen LogP contribution in [0.25, 0.3) is 0 Å². The van der Waals surface area contributed by atoms with Gasteiger partial charge in [-0.25, -0.2) is 4.79 Å². The molecule has 1 aromatic carbocycles. The Bertz CT molecular complexity index is 966. The van der Waals surface area contributed by atoms with E-state index in [9.17, 15) is 34.2 Å². The van der Waals surface area contributed by atoms with Gasteiger partial charge < -0.3 is 37.2 Å². The first-order valence-electron chi connectivity index (χ1n) is 11.9. The third-order valence-corrected chi connectivity index (χ3v) is 6.15. The van der Waals surface area contributed by atoms with Crippen molar-refractivity contribution in [2.24, 2.45) is 17.4 Å². The second-order valence-electron chi connectivity index (χ2n) is 9.30. The molecule has 0 radical (unpaired) electrons. The van der Waals surface area contributed by atoms with Crippen LogP contribution in [-0.4, -0.2) is 75.4 Å². The minimum Gasteiger partial charge on any atom is -0.508 e. The first-order chi connectivity index (χ1) is 16.9. The van der Waals surface area contributed by atoms with Crippen molar-refractivity contribution in [3.05, 3.63) is 29.8 Å². The van der Waals surface area contributed by atoms with Gasteiger partial charge in [-0.3, -0.25) is 19.2 Å². The van der Waals surface area contributed by atoms with Crippen molar-refractivity contribution in [1.29, 1.82) is 0 Å². The van der Waals surface area contributed by atoms with Gasteiger partial charge in [-0.15, -0.1) is 0 Å². The van der Waals surface area contributed by atoms with Crippen LogP contribution in [-0.2, 0) is 30.4 Å². The second kappa shape index (κ2) is 12.9. The fraction of sp³-hybridized carbons (Fsp3) is 0.542. The third kappa shape index (κ3) is 7.94. The van der Waals surface area contributed by atoms with Crippen LogP contribution in [0.15, 0.2) is 24.3 Å². The molecular formula is C24H35N5O7. The summed E-state index contributed by atoms with van der Waals surface area (Å²) in [5.41, 5.74) is 11.7. The van der Waals surface area contributed by atoms with Crippen LogP contribution in [0.2, 0.25) is 0 Å². The van der Waals surface area contributed by atoms with Gasteiger partial charge in [0.1, 0.15) is 23.9 Å². The lowest BCUT2D eigenvalue weighted by Crippen LogP contribution is -2.57. The van der Waals surface area contributed by atoms with E-state index in [2.05, 4.69) is 10.6 Å². The standard InChI is InChI=1S/C24H35N5O7/c1-13(2)20(26)23(34)29-11-3-4-18(29)22(33)28-17(12-14-5-7-15(30)8-6-14)21(32)27-16(24(35)36)9-10-19(25)31/h5-8,13,16-18,20,30H,3-4,9-12,26H2,1-2H3,(H2,25,31)(H,27,32)(H,28,33)(H,35,36). The molecule has 4 unspecified atom stereocenters. The monoisotopic (exact) mass is 505 g/mol. The molecular weight excluding hydrogens is 470 g/mol. The summed E-state index contributed by atoms with van der Waals surface area (Å²) < 4.78 is 0. The number of primary amides is 1. The van der Waals surface area contributed by atoms with Crippen LogP contribution >= 0.6 is 0 Å². The van der Waals surface area contributed by atoms with Crippen molar-refractivity contribution in [2.75, 3.05) is 6.54 Å². The van der Waals surface area contributed by atoms with Gasteiger partial charge in [0.05, 0.1) is 6.04 Å². The van der Waals surface area contributed by atoms with Crippen molar-refractivity contribution < 1.29 is 34.2 Å². The quantitative estimate of drug-likeness (QED) is 0.212. The Morgan fingerprint density at radius 2 is 1.72 bits per heavy atom. The van der Waals surface area contributed by atoms with Crippen LogP contribution in [0.3, 0.4) is 0 Å². The lowest BCUT2D eigenvalue weighted by atomic mass is 10.0. The third-order valence-electron chi connectivity index (χ3n) is 6.15.